The van der Waals surface area contributed by atoms with E-state index >= 15 is 0 Å². The molecule has 1 saturated carbocycles. The molecule has 33 heavy (non-hydrogen) atoms. The minimum atomic E-state index is -3.01. The molecule has 0 saturated heterocycles. The number of alkyl halides is 2. The predicted molar refractivity (Wildman–Crippen MR) is 117 cm³/mol. The van der Waals surface area contributed by atoms with Crippen molar-refractivity contribution in [3.8, 4) is 22.1 Å². The van der Waals surface area contributed by atoms with Gasteiger partial charge in [-0.15, -0.1) is 11.3 Å². The number of hydrogen-bond acceptors (Lipinski definition) is 7. The fourth-order valence-electron chi connectivity index (χ4n) is 2.89. The molecule has 1 aliphatic rings. The second kappa shape index (κ2) is 9.90. The molecule has 1 aliphatic carbocycles. The van der Waals surface area contributed by atoms with Crippen LogP contribution in [0.2, 0.25) is 0 Å². The van der Waals surface area contributed by atoms with Gasteiger partial charge in [0.15, 0.2) is 17.2 Å². The summed E-state index contributed by atoms with van der Waals surface area (Å²) in [7, 11) is 0. The highest BCUT2D eigenvalue weighted by molar-refractivity contribution is 7.15. The van der Waals surface area contributed by atoms with Gasteiger partial charge >= 0.3 is 18.7 Å². The van der Waals surface area contributed by atoms with E-state index in [1.54, 1.807) is 27.7 Å². The van der Waals surface area contributed by atoms with E-state index in [-0.39, 0.29) is 17.2 Å². The second-order valence-corrected chi connectivity index (χ2v) is 9.73. The van der Waals surface area contributed by atoms with Gasteiger partial charge in [0.05, 0.1) is 17.5 Å². The third-order valence-electron chi connectivity index (χ3n) is 4.56. The van der Waals surface area contributed by atoms with E-state index in [4.69, 9.17) is 9.47 Å². The van der Waals surface area contributed by atoms with E-state index in [2.05, 4.69) is 15.0 Å². The third kappa shape index (κ3) is 7.01. The monoisotopic (exact) mass is 484 g/mol. The lowest BCUT2D eigenvalue weighted by atomic mass is 10.2. The topological polar surface area (TPSA) is 107 Å². The number of aromatic carboxylic acids is 1. The molecule has 3 rings (SSSR count). The summed E-state index contributed by atoms with van der Waals surface area (Å²) in [4.78, 5) is 28.4. The first-order valence-corrected chi connectivity index (χ1v) is 11.2. The maximum atomic E-state index is 12.8. The number of carboxylic acids is 1. The number of amides is 1. The molecule has 1 heterocycles. The van der Waals surface area contributed by atoms with E-state index in [9.17, 15) is 23.5 Å². The summed E-state index contributed by atoms with van der Waals surface area (Å²) in [5.41, 5.74) is -0.449. The summed E-state index contributed by atoms with van der Waals surface area (Å²) in [6.07, 6.45) is 1.35. The van der Waals surface area contributed by atoms with Crippen LogP contribution in [0.25, 0.3) is 10.6 Å². The second-order valence-electron chi connectivity index (χ2n) is 8.70. The lowest BCUT2D eigenvalue weighted by Gasteiger charge is -2.21. The fourth-order valence-corrected chi connectivity index (χ4v) is 3.95. The molecule has 1 fully saturated rings. The third-order valence-corrected chi connectivity index (χ3v) is 5.85. The van der Waals surface area contributed by atoms with Gasteiger partial charge in [-0.1, -0.05) is 0 Å². The molecular weight excluding hydrogens is 458 g/mol. The van der Waals surface area contributed by atoms with Gasteiger partial charge in [0.2, 0.25) is 0 Å². The van der Waals surface area contributed by atoms with Crippen LogP contribution in [-0.4, -0.2) is 41.0 Å². The van der Waals surface area contributed by atoms with Crippen LogP contribution in [-0.2, 0) is 4.74 Å². The average Bonchev–Trinajstić information content (AvgIpc) is 3.40. The quantitative estimate of drug-likeness (QED) is 0.485. The van der Waals surface area contributed by atoms with Gasteiger partial charge in [0.25, 0.3) is 0 Å². The number of nitrogens with zero attached hydrogens (tertiary/aromatic N) is 1. The van der Waals surface area contributed by atoms with Crippen LogP contribution in [0.3, 0.4) is 0 Å². The number of benzene rings is 1. The Morgan fingerprint density at radius 1 is 1.27 bits per heavy atom. The lowest BCUT2D eigenvalue weighted by molar-refractivity contribution is -0.0515. The van der Waals surface area contributed by atoms with E-state index in [1.807, 2.05) is 0 Å². The van der Waals surface area contributed by atoms with E-state index in [1.165, 1.54) is 18.2 Å². The molecule has 2 N–H and O–H groups in total. The Morgan fingerprint density at radius 2 is 1.97 bits per heavy atom. The van der Waals surface area contributed by atoms with Crippen LogP contribution >= 0.6 is 11.3 Å². The number of nitrogens with one attached hydrogen (secondary N) is 1. The summed E-state index contributed by atoms with van der Waals surface area (Å²) < 4.78 is 41.0. The SMILES string of the molecule is C[C@H](NC(=O)OC(C)(C)C)c1sc(-c2ccc(OC(F)F)c(OCC3CC3)c2)nc1C(=O)O. The molecule has 0 unspecified atom stereocenters. The number of hydrogen-bond donors (Lipinski definition) is 2. The van der Waals surface area contributed by atoms with Crippen molar-refractivity contribution in [2.75, 3.05) is 6.61 Å². The normalized spacial score (nSPS) is 14.6. The Labute approximate surface area is 193 Å². The number of thiazole rings is 1. The van der Waals surface area contributed by atoms with Crippen molar-refractivity contribution in [2.45, 2.75) is 58.8 Å². The first-order chi connectivity index (χ1) is 15.4. The van der Waals surface area contributed by atoms with Gasteiger partial charge in [0, 0.05) is 5.56 Å². The van der Waals surface area contributed by atoms with E-state index in [0.29, 0.717) is 28.0 Å². The Bertz CT molecular complexity index is 1020. The van der Waals surface area contributed by atoms with E-state index < -0.39 is 30.3 Å². The Hall–Kier alpha value is -2.95. The number of carbonyl (C=O) groups excluding carboxylic acids is 1. The number of halogens is 2. The largest absolute Gasteiger partial charge is 0.489 e. The van der Waals surface area contributed by atoms with Crippen LogP contribution in [0.1, 0.15) is 61.9 Å². The number of alkyl carbamates (subject to hydrolysis) is 1. The first kappa shape index (κ1) is 24.7. The molecule has 1 aromatic heterocycles. The highest BCUT2D eigenvalue weighted by atomic mass is 32.1. The maximum absolute atomic E-state index is 12.8. The highest BCUT2D eigenvalue weighted by Gasteiger charge is 2.27. The van der Waals surface area contributed by atoms with Gasteiger partial charge in [-0.2, -0.15) is 8.78 Å². The Balaban J connectivity index is 1.88. The number of carbonyl (C=O) groups is 2. The number of rotatable bonds is 9. The van der Waals surface area contributed by atoms with Crippen molar-refractivity contribution in [3.05, 3.63) is 28.8 Å². The molecule has 0 bridgehead atoms. The Morgan fingerprint density at radius 3 is 2.55 bits per heavy atom. The van der Waals surface area contributed by atoms with Crippen LogP contribution in [0, 0.1) is 5.92 Å². The van der Waals surface area contributed by atoms with Gasteiger partial charge in [-0.25, -0.2) is 14.6 Å². The van der Waals surface area contributed by atoms with Gasteiger partial charge in [0.1, 0.15) is 10.6 Å². The van der Waals surface area contributed by atoms with Crippen molar-refractivity contribution in [1.82, 2.24) is 10.3 Å². The summed E-state index contributed by atoms with van der Waals surface area (Å²) in [6.45, 7) is 4.14. The van der Waals surface area contributed by atoms with Crippen molar-refractivity contribution in [2.24, 2.45) is 5.92 Å². The van der Waals surface area contributed by atoms with Gasteiger partial charge in [-0.05, 0) is 64.7 Å². The molecule has 180 valence electrons. The highest BCUT2D eigenvalue weighted by Crippen LogP contribution is 2.39. The van der Waals surface area contributed by atoms with Gasteiger partial charge < -0.3 is 24.6 Å². The zero-order chi connectivity index (χ0) is 24.3. The zero-order valence-corrected chi connectivity index (χ0v) is 19.5. The minimum absolute atomic E-state index is 0.107. The molecule has 0 aliphatic heterocycles. The number of ether oxygens (including phenoxy) is 3. The predicted octanol–water partition coefficient (Wildman–Crippen LogP) is 5.48. The van der Waals surface area contributed by atoms with Crippen molar-refractivity contribution >= 4 is 23.4 Å². The first-order valence-electron chi connectivity index (χ1n) is 10.4. The summed E-state index contributed by atoms with van der Waals surface area (Å²) in [5, 5.41) is 12.6. The Kier molecular flexibility index (Phi) is 7.41. The van der Waals surface area contributed by atoms with E-state index in [0.717, 1.165) is 24.2 Å². The van der Waals surface area contributed by atoms with Crippen LogP contribution < -0.4 is 14.8 Å². The summed E-state index contributed by atoms with van der Waals surface area (Å²) >= 11 is 1.07. The number of carboxylic acid groups (broad SMARTS) is 1. The zero-order valence-electron chi connectivity index (χ0n) is 18.7. The molecular formula is C22H26F2N2O6S. The van der Waals surface area contributed by atoms with Gasteiger partial charge in [-0.3, -0.25) is 0 Å². The summed E-state index contributed by atoms with van der Waals surface area (Å²) in [5.74, 6) is -0.844. The molecule has 11 heteroatoms. The van der Waals surface area contributed by atoms with Crippen LogP contribution in [0.4, 0.5) is 13.6 Å². The van der Waals surface area contributed by atoms with Crippen molar-refractivity contribution in [3.63, 3.8) is 0 Å². The van der Waals surface area contributed by atoms with Crippen LogP contribution in [0.5, 0.6) is 11.5 Å². The molecule has 0 spiro atoms. The van der Waals surface area contributed by atoms with Crippen molar-refractivity contribution < 1.29 is 37.7 Å². The molecule has 1 atom stereocenters. The smallest absolute Gasteiger partial charge is 0.408 e. The number of aromatic nitrogens is 1. The molecule has 8 nitrogen and oxygen atoms in total. The minimum Gasteiger partial charge on any atom is -0.489 e. The molecule has 1 aromatic carbocycles. The fraction of sp³-hybridized carbons (Fsp3) is 0.500. The average molecular weight is 485 g/mol. The maximum Gasteiger partial charge on any atom is 0.408 e. The molecule has 2 aromatic rings. The molecule has 1 amide bonds. The molecule has 0 radical (unpaired) electrons. The van der Waals surface area contributed by atoms with Crippen LogP contribution in [0.15, 0.2) is 18.2 Å². The van der Waals surface area contributed by atoms with Crippen molar-refractivity contribution in [1.29, 1.82) is 0 Å². The standard InChI is InChI=1S/C22H26F2N2O6S/c1-11(25-21(29)32-22(2,3)4)17-16(19(27)28)26-18(33-17)13-7-8-14(31-20(23)24)15(9-13)30-10-12-5-6-12/h7-9,11-12,20H,5-6,10H2,1-4H3,(H,25,29)(H,27,28)/t11-/m0/s1. The lowest BCUT2D eigenvalue weighted by Crippen LogP contribution is -2.34. The summed E-state index contributed by atoms with van der Waals surface area (Å²) in [6, 6.07) is 3.65.